The van der Waals surface area contributed by atoms with Gasteiger partial charge >= 0.3 is 5.97 Å². The van der Waals surface area contributed by atoms with Crippen LogP contribution in [0.15, 0.2) is 30.3 Å². The molecular weight excluding hydrogens is 282 g/mol. The third-order valence-electron chi connectivity index (χ3n) is 4.36. The molecule has 22 heavy (non-hydrogen) atoms. The Bertz CT molecular complexity index is 545. The summed E-state index contributed by atoms with van der Waals surface area (Å²) in [6.45, 7) is 5.86. The van der Waals surface area contributed by atoms with Crippen molar-refractivity contribution in [3.8, 4) is 0 Å². The zero-order valence-electron chi connectivity index (χ0n) is 13.3. The first-order chi connectivity index (χ1) is 10.4. The number of rotatable bonds is 5. The fraction of sp³-hybridized carbons (Fsp3) is 0.529. The van der Waals surface area contributed by atoms with Crippen LogP contribution in [0.5, 0.6) is 0 Å². The Hall–Kier alpha value is -1.88. The lowest BCUT2D eigenvalue weighted by Gasteiger charge is -2.24. The van der Waals surface area contributed by atoms with Crippen molar-refractivity contribution in [3.63, 3.8) is 0 Å². The van der Waals surface area contributed by atoms with E-state index < -0.39 is 17.5 Å². The second-order valence-corrected chi connectivity index (χ2v) is 6.00. The Morgan fingerprint density at radius 3 is 2.59 bits per heavy atom. The first-order valence-electron chi connectivity index (χ1n) is 7.59. The molecule has 0 unspecified atom stereocenters. The van der Waals surface area contributed by atoms with Crippen LogP contribution in [-0.2, 0) is 20.9 Å². The smallest absolute Gasteiger partial charge is 0.306 e. The minimum Gasteiger partial charge on any atom is -0.466 e. The Morgan fingerprint density at radius 2 is 2.00 bits per heavy atom. The molecule has 0 spiro atoms. The zero-order valence-corrected chi connectivity index (χ0v) is 13.3. The highest BCUT2D eigenvalue weighted by Crippen LogP contribution is 2.40. The van der Waals surface area contributed by atoms with E-state index in [1.54, 1.807) is 18.7 Å². The van der Waals surface area contributed by atoms with Crippen molar-refractivity contribution in [1.82, 2.24) is 4.90 Å². The lowest BCUT2D eigenvalue weighted by atomic mass is 9.81. The van der Waals surface area contributed by atoms with Gasteiger partial charge in [0.05, 0.1) is 30.6 Å². The molecule has 1 aromatic carbocycles. The molecule has 0 bridgehead atoms. The summed E-state index contributed by atoms with van der Waals surface area (Å²) in [5, 5.41) is 10.5. The number of aliphatic hydroxyl groups is 1. The van der Waals surface area contributed by atoms with Crippen molar-refractivity contribution in [1.29, 1.82) is 0 Å². The third kappa shape index (κ3) is 2.99. The lowest BCUT2D eigenvalue weighted by molar-refractivity contribution is -0.152. The number of amides is 1. The van der Waals surface area contributed by atoms with Gasteiger partial charge in [0.2, 0.25) is 5.91 Å². The van der Waals surface area contributed by atoms with E-state index >= 15 is 0 Å². The molecule has 0 radical (unpaired) electrons. The molecule has 1 aliphatic heterocycles. The van der Waals surface area contributed by atoms with E-state index in [0.717, 1.165) is 5.56 Å². The number of likely N-dealkylation sites (tertiary alicyclic amines) is 1. The van der Waals surface area contributed by atoms with Crippen LogP contribution >= 0.6 is 0 Å². The van der Waals surface area contributed by atoms with Crippen molar-refractivity contribution in [3.05, 3.63) is 35.9 Å². The van der Waals surface area contributed by atoms with E-state index in [9.17, 15) is 14.7 Å². The molecule has 1 fully saturated rings. The predicted molar refractivity (Wildman–Crippen MR) is 81.8 cm³/mol. The van der Waals surface area contributed by atoms with Crippen molar-refractivity contribution in [2.24, 2.45) is 5.41 Å². The molecule has 1 heterocycles. The van der Waals surface area contributed by atoms with Crippen LogP contribution in [0.4, 0.5) is 0 Å². The maximum absolute atomic E-state index is 12.8. The molecule has 0 aliphatic carbocycles. The third-order valence-corrected chi connectivity index (χ3v) is 4.36. The van der Waals surface area contributed by atoms with Gasteiger partial charge in [-0.2, -0.15) is 0 Å². The van der Waals surface area contributed by atoms with E-state index in [2.05, 4.69) is 0 Å². The monoisotopic (exact) mass is 305 g/mol. The van der Waals surface area contributed by atoms with E-state index in [0.29, 0.717) is 6.54 Å². The van der Waals surface area contributed by atoms with Crippen molar-refractivity contribution in [2.75, 3.05) is 6.61 Å². The average Bonchev–Trinajstić information content (AvgIpc) is 2.64. The molecule has 1 amide bonds. The van der Waals surface area contributed by atoms with Gasteiger partial charge in [0.1, 0.15) is 0 Å². The largest absolute Gasteiger partial charge is 0.466 e. The lowest BCUT2D eigenvalue weighted by Crippen LogP contribution is -2.38. The summed E-state index contributed by atoms with van der Waals surface area (Å²) in [5.74, 6) is -0.657. The van der Waals surface area contributed by atoms with Gasteiger partial charge in [0.25, 0.3) is 0 Å². The summed E-state index contributed by atoms with van der Waals surface area (Å²) in [7, 11) is 0. The Morgan fingerprint density at radius 1 is 1.36 bits per heavy atom. The number of benzene rings is 1. The molecular formula is C17H23NO4. The van der Waals surface area contributed by atoms with Gasteiger partial charge in [0.15, 0.2) is 0 Å². The summed E-state index contributed by atoms with van der Waals surface area (Å²) in [6.07, 6.45) is -0.996. The number of esters is 1. The predicted octanol–water partition coefficient (Wildman–Crippen LogP) is 1.74. The molecule has 1 N–H and O–H groups in total. The van der Waals surface area contributed by atoms with Crippen molar-refractivity contribution in [2.45, 2.75) is 45.9 Å². The van der Waals surface area contributed by atoms with Gasteiger partial charge in [0, 0.05) is 6.54 Å². The number of carbonyl (C=O) groups is 2. The SMILES string of the molecule is CCOC(=O)C[C@]1(C)C(=O)N(Cc2ccccc2)[C@H](C)[C@H]1O. The quantitative estimate of drug-likeness (QED) is 0.842. The summed E-state index contributed by atoms with van der Waals surface area (Å²) in [6, 6.07) is 9.27. The fourth-order valence-electron chi connectivity index (χ4n) is 3.03. The zero-order chi connectivity index (χ0) is 16.3. The number of carbonyl (C=O) groups excluding carboxylic acids is 2. The van der Waals surface area contributed by atoms with Gasteiger partial charge in [-0.1, -0.05) is 30.3 Å². The highest BCUT2D eigenvalue weighted by molar-refractivity contribution is 5.90. The van der Waals surface area contributed by atoms with Crippen LogP contribution in [0.2, 0.25) is 0 Å². The average molecular weight is 305 g/mol. The molecule has 5 nitrogen and oxygen atoms in total. The molecule has 120 valence electrons. The Labute approximate surface area is 130 Å². The number of hydrogen-bond acceptors (Lipinski definition) is 4. The van der Waals surface area contributed by atoms with Gasteiger partial charge in [-0.3, -0.25) is 9.59 Å². The topological polar surface area (TPSA) is 66.8 Å². The van der Waals surface area contributed by atoms with E-state index in [4.69, 9.17) is 4.74 Å². The highest BCUT2D eigenvalue weighted by Gasteiger charge is 2.55. The molecule has 3 atom stereocenters. The number of nitrogens with zero attached hydrogens (tertiary/aromatic N) is 1. The minimum absolute atomic E-state index is 0.101. The van der Waals surface area contributed by atoms with Gasteiger partial charge in [-0.15, -0.1) is 0 Å². The van der Waals surface area contributed by atoms with Crippen molar-refractivity contribution >= 4 is 11.9 Å². The van der Waals surface area contributed by atoms with Crippen LogP contribution in [0.3, 0.4) is 0 Å². The summed E-state index contributed by atoms with van der Waals surface area (Å²) < 4.78 is 4.93. The molecule has 0 saturated carbocycles. The number of aliphatic hydroxyl groups excluding tert-OH is 1. The molecule has 2 rings (SSSR count). The number of hydrogen-bond donors (Lipinski definition) is 1. The maximum atomic E-state index is 12.8. The Balaban J connectivity index is 2.18. The van der Waals surface area contributed by atoms with Crippen LogP contribution in [0, 0.1) is 5.41 Å². The van der Waals surface area contributed by atoms with Crippen LogP contribution in [0.25, 0.3) is 0 Å². The van der Waals surface area contributed by atoms with Crippen LogP contribution < -0.4 is 0 Å². The second-order valence-electron chi connectivity index (χ2n) is 6.00. The van der Waals surface area contributed by atoms with E-state index in [1.807, 2.05) is 37.3 Å². The first-order valence-corrected chi connectivity index (χ1v) is 7.59. The molecule has 1 aliphatic rings. The van der Waals surface area contributed by atoms with Gasteiger partial charge in [-0.25, -0.2) is 0 Å². The summed E-state index contributed by atoms with van der Waals surface area (Å²) in [4.78, 5) is 26.2. The molecule has 1 saturated heterocycles. The van der Waals surface area contributed by atoms with Gasteiger partial charge in [-0.05, 0) is 26.3 Å². The minimum atomic E-state index is -1.12. The van der Waals surface area contributed by atoms with Crippen LogP contribution in [0.1, 0.15) is 32.8 Å². The summed E-state index contributed by atoms with van der Waals surface area (Å²) >= 11 is 0. The highest BCUT2D eigenvalue weighted by atomic mass is 16.5. The molecule has 0 aromatic heterocycles. The number of ether oxygens (including phenoxy) is 1. The normalized spacial score (nSPS) is 28.0. The van der Waals surface area contributed by atoms with E-state index in [1.165, 1.54) is 0 Å². The first kappa shape index (κ1) is 16.5. The Kier molecular flexibility index (Phi) is 4.86. The van der Waals surface area contributed by atoms with E-state index in [-0.39, 0.29) is 25.0 Å². The maximum Gasteiger partial charge on any atom is 0.306 e. The van der Waals surface area contributed by atoms with Crippen LogP contribution in [-0.4, -0.2) is 40.6 Å². The van der Waals surface area contributed by atoms with Gasteiger partial charge < -0.3 is 14.7 Å². The fourth-order valence-corrected chi connectivity index (χ4v) is 3.03. The molecule has 1 aromatic rings. The summed E-state index contributed by atoms with van der Waals surface area (Å²) in [5.41, 5.74) is -0.129. The van der Waals surface area contributed by atoms with Crippen molar-refractivity contribution < 1.29 is 19.4 Å². The molecule has 5 heteroatoms. The second kappa shape index (κ2) is 6.48. The standard InChI is InChI=1S/C17H23NO4/c1-4-22-14(19)10-17(3)15(20)12(2)18(16(17)21)11-13-8-6-5-7-9-13/h5-9,12,15,20H,4,10-11H2,1-3H3/t12-,15-,17+/m1/s1.